The topological polar surface area (TPSA) is 46.9 Å². The number of nitrogens with one attached hydrogen (secondary N) is 1. The molecule has 5 nitrogen and oxygen atoms in total. The summed E-state index contributed by atoms with van der Waals surface area (Å²) in [7, 11) is 4.26. The molecule has 3 rings (SSSR count). The van der Waals surface area contributed by atoms with Crippen LogP contribution in [0.15, 0.2) is 36.4 Å². The van der Waals surface area contributed by atoms with Gasteiger partial charge in [0.1, 0.15) is 5.75 Å². The fourth-order valence-electron chi connectivity index (χ4n) is 3.34. The third-order valence-electron chi connectivity index (χ3n) is 4.81. The van der Waals surface area contributed by atoms with E-state index in [0.717, 1.165) is 50.8 Å². The fourth-order valence-corrected chi connectivity index (χ4v) is 4.36. The molecule has 0 spiro atoms. The molecule has 1 amide bonds. The van der Waals surface area contributed by atoms with Crippen LogP contribution in [-0.2, 0) is 0 Å². The third-order valence-corrected chi connectivity index (χ3v) is 5.85. The lowest BCUT2D eigenvalue weighted by molar-refractivity contribution is -0.858. The van der Waals surface area contributed by atoms with Gasteiger partial charge in [0.15, 0.2) is 5.13 Å². The maximum atomic E-state index is 13.5. The van der Waals surface area contributed by atoms with Gasteiger partial charge in [0, 0.05) is 18.5 Å². The lowest BCUT2D eigenvalue weighted by Gasteiger charge is -2.21. The number of ether oxygens (including phenoxy) is 1. The first-order chi connectivity index (χ1) is 13.9. The Bertz CT molecular complexity index is 997. The lowest BCUT2D eigenvalue weighted by Crippen LogP contribution is -3.05. The summed E-state index contributed by atoms with van der Waals surface area (Å²) >= 11 is 1.54. The summed E-state index contributed by atoms with van der Waals surface area (Å²) in [4.78, 5) is 21.4. The van der Waals surface area contributed by atoms with Gasteiger partial charge in [-0.05, 0) is 50.6 Å². The van der Waals surface area contributed by atoms with Crippen LogP contribution in [0, 0.1) is 13.8 Å². The normalized spacial score (nSPS) is 11.2. The maximum Gasteiger partial charge on any atom is 0.260 e. The van der Waals surface area contributed by atoms with Crippen molar-refractivity contribution in [3.05, 3.63) is 53.1 Å². The molecule has 1 N–H and O–H groups in total. The Labute approximate surface area is 176 Å². The number of aryl methyl sites for hydroxylation is 2. The predicted molar refractivity (Wildman–Crippen MR) is 121 cm³/mol. The Hall–Kier alpha value is -2.44. The largest absolute Gasteiger partial charge is 0.494 e. The van der Waals surface area contributed by atoms with E-state index in [1.807, 2.05) is 56.0 Å². The number of carbonyl (C=O) groups excluding carboxylic acids is 1. The highest BCUT2D eigenvalue weighted by Crippen LogP contribution is 2.32. The molecule has 0 bridgehead atoms. The molecule has 0 aliphatic rings. The molecular formula is C23H30N3O2S+. The monoisotopic (exact) mass is 412 g/mol. The molecule has 3 aromatic rings. The Morgan fingerprint density at radius 3 is 2.66 bits per heavy atom. The first-order valence-electron chi connectivity index (χ1n) is 10.1. The van der Waals surface area contributed by atoms with E-state index >= 15 is 0 Å². The van der Waals surface area contributed by atoms with Crippen LogP contribution >= 0.6 is 11.3 Å². The number of benzene rings is 2. The van der Waals surface area contributed by atoms with Crippen molar-refractivity contribution in [2.24, 2.45) is 0 Å². The zero-order valence-electron chi connectivity index (χ0n) is 17.9. The standard InChI is InChI=1S/C23H29N3O2S/c1-6-28-18-9-11-20-21(15-18)29-23(24-20)26(13-7-12-25(4)5)22(27)19-10-8-16(2)14-17(19)3/h8-11,14-15H,6-7,12-13H2,1-5H3/p+1. The molecule has 1 heterocycles. The van der Waals surface area contributed by atoms with Crippen molar-refractivity contribution in [1.29, 1.82) is 0 Å². The molecule has 0 saturated heterocycles. The number of hydrogen-bond acceptors (Lipinski definition) is 4. The van der Waals surface area contributed by atoms with Gasteiger partial charge >= 0.3 is 0 Å². The zero-order valence-corrected chi connectivity index (χ0v) is 18.7. The molecule has 0 atom stereocenters. The quantitative estimate of drug-likeness (QED) is 0.616. The number of nitrogens with zero attached hydrogens (tertiary/aromatic N) is 2. The van der Waals surface area contributed by atoms with Gasteiger partial charge in [-0.3, -0.25) is 9.69 Å². The van der Waals surface area contributed by atoms with Gasteiger partial charge < -0.3 is 9.64 Å². The van der Waals surface area contributed by atoms with Crippen LogP contribution in [0.25, 0.3) is 10.2 Å². The average Bonchev–Trinajstić information content (AvgIpc) is 3.07. The average molecular weight is 413 g/mol. The van der Waals surface area contributed by atoms with Crippen molar-refractivity contribution in [2.45, 2.75) is 27.2 Å². The number of amides is 1. The van der Waals surface area contributed by atoms with E-state index in [4.69, 9.17) is 9.72 Å². The van der Waals surface area contributed by atoms with E-state index in [1.54, 1.807) is 11.3 Å². The van der Waals surface area contributed by atoms with E-state index in [-0.39, 0.29) is 5.91 Å². The van der Waals surface area contributed by atoms with E-state index in [9.17, 15) is 4.79 Å². The van der Waals surface area contributed by atoms with E-state index in [0.29, 0.717) is 13.2 Å². The minimum absolute atomic E-state index is 0.0142. The van der Waals surface area contributed by atoms with Gasteiger partial charge in [0.2, 0.25) is 0 Å². The highest BCUT2D eigenvalue weighted by molar-refractivity contribution is 7.22. The summed E-state index contributed by atoms with van der Waals surface area (Å²) in [5.41, 5.74) is 3.79. The van der Waals surface area contributed by atoms with Gasteiger partial charge in [-0.25, -0.2) is 4.98 Å². The Balaban J connectivity index is 1.96. The number of aromatic nitrogens is 1. The Kier molecular flexibility index (Phi) is 6.87. The second-order valence-corrected chi connectivity index (χ2v) is 8.65. The maximum absolute atomic E-state index is 13.5. The molecule has 0 unspecified atom stereocenters. The SMILES string of the molecule is CCOc1ccc2nc(N(CCC[NH+](C)C)C(=O)c3ccc(C)cc3C)sc2c1. The second-order valence-electron chi connectivity index (χ2n) is 7.64. The number of rotatable bonds is 8. The highest BCUT2D eigenvalue weighted by Gasteiger charge is 2.23. The predicted octanol–water partition coefficient (Wildman–Crippen LogP) is 3.49. The van der Waals surface area contributed by atoms with E-state index < -0.39 is 0 Å². The van der Waals surface area contributed by atoms with Crippen LogP contribution in [0.5, 0.6) is 5.75 Å². The first-order valence-corrected chi connectivity index (χ1v) is 10.9. The van der Waals surface area contributed by atoms with Gasteiger partial charge in [0.05, 0.1) is 37.5 Å². The van der Waals surface area contributed by atoms with Crippen molar-refractivity contribution >= 4 is 32.6 Å². The summed E-state index contributed by atoms with van der Waals surface area (Å²) < 4.78 is 6.64. The van der Waals surface area contributed by atoms with Crippen LogP contribution in [0.3, 0.4) is 0 Å². The molecule has 2 aromatic carbocycles. The van der Waals surface area contributed by atoms with Gasteiger partial charge in [-0.2, -0.15) is 0 Å². The van der Waals surface area contributed by atoms with Crippen molar-refractivity contribution < 1.29 is 14.4 Å². The minimum atomic E-state index is 0.0142. The number of fused-ring (bicyclic) bond motifs is 1. The molecule has 0 fully saturated rings. The van der Waals surface area contributed by atoms with Crippen LogP contribution in [0.4, 0.5) is 5.13 Å². The number of anilines is 1. The molecule has 0 saturated carbocycles. The van der Waals surface area contributed by atoms with Gasteiger partial charge in [0.25, 0.3) is 5.91 Å². The number of hydrogen-bond donors (Lipinski definition) is 1. The molecule has 0 radical (unpaired) electrons. The summed E-state index contributed by atoms with van der Waals surface area (Å²) in [6.07, 6.45) is 0.916. The molecule has 154 valence electrons. The summed E-state index contributed by atoms with van der Waals surface area (Å²) in [6.45, 7) is 8.28. The van der Waals surface area contributed by atoms with Gasteiger partial charge in [-0.1, -0.05) is 29.0 Å². The zero-order chi connectivity index (χ0) is 21.0. The highest BCUT2D eigenvalue weighted by atomic mass is 32.1. The molecular weight excluding hydrogens is 382 g/mol. The molecule has 0 aliphatic heterocycles. The number of quaternary nitrogens is 1. The van der Waals surface area contributed by atoms with Gasteiger partial charge in [-0.15, -0.1) is 0 Å². The molecule has 6 heteroatoms. The minimum Gasteiger partial charge on any atom is -0.494 e. The Morgan fingerprint density at radius 2 is 1.97 bits per heavy atom. The van der Waals surface area contributed by atoms with Crippen LogP contribution < -0.4 is 14.5 Å². The van der Waals surface area contributed by atoms with Crippen LogP contribution in [-0.4, -0.2) is 44.7 Å². The van der Waals surface area contributed by atoms with Crippen molar-refractivity contribution in [1.82, 2.24) is 4.98 Å². The number of thiazole rings is 1. The van der Waals surface area contributed by atoms with E-state index in [1.165, 1.54) is 4.90 Å². The van der Waals surface area contributed by atoms with Crippen LogP contribution in [0.1, 0.15) is 34.8 Å². The van der Waals surface area contributed by atoms with E-state index in [2.05, 4.69) is 20.2 Å². The smallest absolute Gasteiger partial charge is 0.260 e. The fraction of sp³-hybridized carbons (Fsp3) is 0.391. The van der Waals surface area contributed by atoms with Crippen molar-refractivity contribution in [3.8, 4) is 5.75 Å². The number of carbonyl (C=O) groups is 1. The van der Waals surface area contributed by atoms with Crippen molar-refractivity contribution in [2.75, 3.05) is 38.7 Å². The van der Waals surface area contributed by atoms with Crippen LogP contribution in [0.2, 0.25) is 0 Å². The molecule has 1 aromatic heterocycles. The first kappa shape index (κ1) is 21.3. The Morgan fingerprint density at radius 1 is 1.17 bits per heavy atom. The summed E-state index contributed by atoms with van der Waals surface area (Å²) in [5.74, 6) is 0.846. The third kappa shape index (κ3) is 5.14. The second kappa shape index (κ2) is 9.37. The molecule has 29 heavy (non-hydrogen) atoms. The summed E-state index contributed by atoms with van der Waals surface area (Å²) in [6, 6.07) is 11.9. The lowest BCUT2D eigenvalue weighted by atomic mass is 10.0. The van der Waals surface area contributed by atoms with Crippen molar-refractivity contribution in [3.63, 3.8) is 0 Å². The molecule has 0 aliphatic carbocycles. The summed E-state index contributed by atoms with van der Waals surface area (Å²) in [5, 5.41) is 0.743.